The molecule has 1 N–H and O–H groups in total. The van der Waals surface area contributed by atoms with E-state index in [1.807, 2.05) is 0 Å². The van der Waals surface area contributed by atoms with Crippen LogP contribution in [0.5, 0.6) is 0 Å². The minimum Gasteiger partial charge on any atom is -0.444 e. The predicted octanol–water partition coefficient (Wildman–Crippen LogP) is 5.14. The van der Waals surface area contributed by atoms with Crippen molar-refractivity contribution in [3.63, 3.8) is 0 Å². The first kappa shape index (κ1) is 27.7. The molecule has 0 radical (unpaired) electrons. The number of anilines is 1. The van der Waals surface area contributed by atoms with E-state index in [1.54, 1.807) is 25.7 Å². The van der Waals surface area contributed by atoms with E-state index in [-0.39, 0.29) is 29.5 Å². The molecule has 2 aliphatic heterocycles. The van der Waals surface area contributed by atoms with Crippen molar-refractivity contribution in [3.05, 3.63) is 29.3 Å². The summed E-state index contributed by atoms with van der Waals surface area (Å²) in [5, 5.41) is 2.45. The van der Waals surface area contributed by atoms with Crippen LogP contribution in [0.4, 0.5) is 28.0 Å². The summed E-state index contributed by atoms with van der Waals surface area (Å²) in [6, 6.07) is 2.13. The maximum absolute atomic E-state index is 13.1. The zero-order valence-corrected chi connectivity index (χ0v) is 20.8. The summed E-state index contributed by atoms with van der Waals surface area (Å²) in [7, 11) is 0. The number of alkyl halides is 4. The van der Waals surface area contributed by atoms with Gasteiger partial charge in [0, 0.05) is 31.7 Å². The van der Waals surface area contributed by atoms with Crippen molar-refractivity contribution in [2.75, 3.05) is 25.0 Å². The highest BCUT2D eigenvalue weighted by atomic mass is 19.4. The lowest BCUT2D eigenvalue weighted by molar-refractivity contribution is -0.138. The fourth-order valence-electron chi connectivity index (χ4n) is 4.61. The summed E-state index contributed by atoms with van der Waals surface area (Å²) < 4.78 is 57.6. The Morgan fingerprint density at radius 2 is 1.69 bits per heavy atom. The molecule has 1 aromatic carbocycles. The molecule has 36 heavy (non-hydrogen) atoms. The second-order valence-electron chi connectivity index (χ2n) is 10.4. The van der Waals surface area contributed by atoms with Crippen LogP contribution >= 0.6 is 0 Å². The summed E-state index contributed by atoms with van der Waals surface area (Å²) in [5.74, 6) is -0.647. The minimum absolute atomic E-state index is 0.0500. The monoisotopic (exact) mass is 515 g/mol. The number of nitrogens with one attached hydrogen (secondary N) is 1. The zero-order valence-electron chi connectivity index (χ0n) is 20.8. The molecule has 7 nitrogen and oxygen atoms in total. The maximum atomic E-state index is 13.1. The number of hydrogen-bond acceptors (Lipinski definition) is 4. The van der Waals surface area contributed by atoms with Gasteiger partial charge < -0.3 is 15.0 Å². The average molecular weight is 516 g/mol. The van der Waals surface area contributed by atoms with Gasteiger partial charge in [0.15, 0.2) is 0 Å². The van der Waals surface area contributed by atoms with E-state index in [4.69, 9.17) is 4.74 Å². The summed E-state index contributed by atoms with van der Waals surface area (Å²) >= 11 is 0. The van der Waals surface area contributed by atoms with Crippen molar-refractivity contribution in [1.29, 1.82) is 0 Å². The highest BCUT2D eigenvalue weighted by Gasteiger charge is 2.39. The SMILES string of the molecule is CC(C)(C)OC(=O)N1CCC[C@H]1C(=O)N1CCC(CC(=O)Nc2cc(CF)cc(C(F)(F)F)c2)CC1. The van der Waals surface area contributed by atoms with Crippen LogP contribution in [0.25, 0.3) is 0 Å². The third-order valence-electron chi connectivity index (χ3n) is 6.32. The van der Waals surface area contributed by atoms with Gasteiger partial charge in [-0.25, -0.2) is 9.18 Å². The van der Waals surface area contributed by atoms with Gasteiger partial charge in [-0.3, -0.25) is 14.5 Å². The number of piperidine rings is 1. The van der Waals surface area contributed by atoms with E-state index < -0.39 is 42.1 Å². The molecular formula is C25H33F4N3O4. The van der Waals surface area contributed by atoms with Gasteiger partial charge in [-0.15, -0.1) is 0 Å². The lowest BCUT2D eigenvalue weighted by atomic mass is 9.92. The highest BCUT2D eigenvalue weighted by molar-refractivity contribution is 5.91. The van der Waals surface area contributed by atoms with Crippen LogP contribution in [0.1, 0.15) is 64.0 Å². The van der Waals surface area contributed by atoms with Gasteiger partial charge in [-0.05, 0) is 76.1 Å². The molecule has 11 heteroatoms. The van der Waals surface area contributed by atoms with Crippen LogP contribution in [0.3, 0.4) is 0 Å². The first-order chi connectivity index (χ1) is 16.8. The van der Waals surface area contributed by atoms with E-state index in [0.717, 1.165) is 12.1 Å². The molecular weight excluding hydrogens is 482 g/mol. The van der Waals surface area contributed by atoms with Gasteiger partial charge >= 0.3 is 12.3 Å². The maximum Gasteiger partial charge on any atom is 0.416 e. The van der Waals surface area contributed by atoms with Crippen LogP contribution in [-0.4, -0.2) is 59.0 Å². The largest absolute Gasteiger partial charge is 0.444 e. The Kier molecular flexibility index (Phi) is 8.51. The van der Waals surface area contributed by atoms with Gasteiger partial charge in [0.1, 0.15) is 18.3 Å². The van der Waals surface area contributed by atoms with Crippen molar-refractivity contribution in [1.82, 2.24) is 9.80 Å². The second-order valence-corrected chi connectivity index (χ2v) is 10.4. The van der Waals surface area contributed by atoms with Crippen LogP contribution < -0.4 is 5.32 Å². The van der Waals surface area contributed by atoms with E-state index in [2.05, 4.69) is 5.32 Å². The van der Waals surface area contributed by atoms with Gasteiger partial charge in [0.25, 0.3) is 0 Å². The number of rotatable bonds is 5. The zero-order chi connectivity index (χ0) is 26.7. The summed E-state index contributed by atoms with van der Waals surface area (Å²) in [6.07, 6.45) is -2.69. The van der Waals surface area contributed by atoms with Crippen molar-refractivity contribution >= 4 is 23.6 Å². The first-order valence-electron chi connectivity index (χ1n) is 12.1. The van der Waals surface area contributed by atoms with Crippen LogP contribution in [-0.2, 0) is 27.2 Å². The fraction of sp³-hybridized carbons (Fsp3) is 0.640. The standard InChI is InChI=1S/C25H33F4N3O4/c1-24(2,3)36-23(35)32-8-4-5-20(32)22(34)31-9-6-16(7-10-31)13-21(33)30-19-12-17(15-26)11-18(14-19)25(27,28)29/h11-12,14,16,20H,4-10,13,15H2,1-3H3,(H,30,33)/t20-/m0/s1. The third-order valence-corrected chi connectivity index (χ3v) is 6.32. The van der Waals surface area contributed by atoms with Gasteiger partial charge in [0.05, 0.1) is 5.56 Å². The van der Waals surface area contributed by atoms with Gasteiger partial charge in [-0.1, -0.05) is 0 Å². The molecule has 0 saturated carbocycles. The number of hydrogen-bond donors (Lipinski definition) is 1. The number of carbonyl (C=O) groups excluding carboxylic acids is 3. The molecule has 0 aliphatic carbocycles. The smallest absolute Gasteiger partial charge is 0.416 e. The molecule has 0 unspecified atom stereocenters. The minimum atomic E-state index is -4.65. The molecule has 3 amide bonds. The lowest BCUT2D eigenvalue weighted by Gasteiger charge is -2.35. The third kappa shape index (κ3) is 7.33. The number of likely N-dealkylation sites (tertiary alicyclic amines) is 2. The Bertz CT molecular complexity index is 969. The summed E-state index contributed by atoms with van der Waals surface area (Å²) in [6.45, 7) is 5.53. The van der Waals surface area contributed by atoms with Crippen LogP contribution in [0, 0.1) is 5.92 Å². The van der Waals surface area contributed by atoms with Crippen molar-refractivity contribution < 1.29 is 36.7 Å². The quantitative estimate of drug-likeness (QED) is 0.551. The topological polar surface area (TPSA) is 79.0 Å². The Morgan fingerprint density at radius 1 is 1.03 bits per heavy atom. The predicted molar refractivity (Wildman–Crippen MR) is 125 cm³/mol. The molecule has 2 fully saturated rings. The number of nitrogens with zero attached hydrogens (tertiary/aromatic N) is 2. The fourth-order valence-corrected chi connectivity index (χ4v) is 4.61. The van der Waals surface area contributed by atoms with E-state index in [0.29, 0.717) is 45.3 Å². The van der Waals surface area contributed by atoms with E-state index in [1.165, 1.54) is 11.0 Å². The second kappa shape index (κ2) is 11.0. The highest BCUT2D eigenvalue weighted by Crippen LogP contribution is 2.33. The Hall–Kier alpha value is -2.85. The molecule has 2 aliphatic rings. The number of halogens is 4. The number of amides is 3. The van der Waals surface area contributed by atoms with Crippen LogP contribution in [0.15, 0.2) is 18.2 Å². The summed E-state index contributed by atoms with van der Waals surface area (Å²) in [4.78, 5) is 41.3. The lowest BCUT2D eigenvalue weighted by Crippen LogP contribution is -2.51. The molecule has 1 aromatic rings. The molecule has 0 spiro atoms. The molecule has 0 bridgehead atoms. The summed E-state index contributed by atoms with van der Waals surface area (Å²) in [5.41, 5.74) is -1.95. The molecule has 3 rings (SSSR count). The Labute approximate surface area is 208 Å². The van der Waals surface area contributed by atoms with Crippen molar-refractivity contribution in [2.24, 2.45) is 5.92 Å². The molecule has 200 valence electrons. The van der Waals surface area contributed by atoms with Crippen LogP contribution in [0.2, 0.25) is 0 Å². The van der Waals surface area contributed by atoms with Gasteiger partial charge in [0.2, 0.25) is 11.8 Å². The number of carbonyl (C=O) groups is 3. The van der Waals surface area contributed by atoms with Crippen molar-refractivity contribution in [3.8, 4) is 0 Å². The Balaban J connectivity index is 1.52. The van der Waals surface area contributed by atoms with Crippen molar-refractivity contribution in [2.45, 2.75) is 77.4 Å². The molecule has 2 saturated heterocycles. The first-order valence-corrected chi connectivity index (χ1v) is 12.1. The number of ether oxygens (including phenoxy) is 1. The normalized spacial score (nSPS) is 19.4. The molecule has 1 atom stereocenters. The molecule has 0 aromatic heterocycles. The number of benzene rings is 1. The van der Waals surface area contributed by atoms with Gasteiger partial charge in [-0.2, -0.15) is 13.2 Å². The Morgan fingerprint density at radius 3 is 2.28 bits per heavy atom. The van der Waals surface area contributed by atoms with E-state index >= 15 is 0 Å². The van der Waals surface area contributed by atoms with E-state index in [9.17, 15) is 31.9 Å². The average Bonchev–Trinajstić information content (AvgIpc) is 3.27. The molecule has 2 heterocycles.